The Morgan fingerprint density at radius 2 is 0.667 bits per heavy atom. The molecule has 0 spiro atoms. The zero-order valence-electron chi connectivity index (χ0n) is 49.3. The van der Waals surface area contributed by atoms with Gasteiger partial charge >= 0.3 is 25.7 Å². The van der Waals surface area contributed by atoms with E-state index in [4.69, 9.17) is 23.3 Å². The molecule has 0 fully saturated rings. The first-order chi connectivity index (χ1) is 38.2. The maximum absolute atomic E-state index is 12.9. The summed E-state index contributed by atoms with van der Waals surface area (Å²) >= 11 is 0. The second kappa shape index (κ2) is 59.3. The Labute approximate surface area is 475 Å². The van der Waals surface area contributed by atoms with Crippen LogP contribution in [-0.2, 0) is 42.2 Å². The third-order valence-corrected chi connectivity index (χ3v) is 13.6. The van der Waals surface area contributed by atoms with Crippen molar-refractivity contribution in [2.75, 3.05) is 26.4 Å². The number of hydrogen-bond donors (Lipinski definition) is 2. The minimum absolute atomic E-state index is 0.144. The smallest absolute Gasteiger partial charge is 0.462 e. The van der Waals surface area contributed by atoms with Crippen molar-refractivity contribution in [3.8, 4) is 0 Å². The molecule has 0 aliphatic carbocycles. The lowest BCUT2D eigenvalue weighted by molar-refractivity contribution is -0.161. The summed E-state index contributed by atoms with van der Waals surface area (Å²) in [6.07, 6.45) is 71.8. The largest absolute Gasteiger partial charge is 0.472 e. The summed E-state index contributed by atoms with van der Waals surface area (Å²) in [7, 11) is -4.77. The van der Waals surface area contributed by atoms with Gasteiger partial charge in [0.2, 0.25) is 0 Å². The average molecular weight is 1110 g/mol. The third-order valence-electron chi connectivity index (χ3n) is 12.7. The summed E-state index contributed by atoms with van der Waals surface area (Å²) in [4.78, 5) is 48.7. The Hall–Kier alpha value is -3.86. The maximum Gasteiger partial charge on any atom is 0.472 e. The maximum atomic E-state index is 12.9. The first-order valence-corrected chi connectivity index (χ1v) is 32.3. The van der Waals surface area contributed by atoms with Gasteiger partial charge in [-0.3, -0.25) is 23.4 Å². The van der Waals surface area contributed by atoms with Crippen molar-refractivity contribution in [2.45, 2.75) is 264 Å². The Morgan fingerprint density at radius 3 is 1.03 bits per heavy atom. The molecule has 12 heteroatoms. The van der Waals surface area contributed by atoms with Gasteiger partial charge in [0.25, 0.3) is 0 Å². The summed E-state index contributed by atoms with van der Waals surface area (Å²) in [5.41, 5.74) is 0. The number of phosphoric ester groups is 1. The summed E-state index contributed by atoms with van der Waals surface area (Å²) in [6, 6.07) is 0. The number of phosphoric acid groups is 1. The summed E-state index contributed by atoms with van der Waals surface area (Å²) in [5, 5.41) is 9.83. The Morgan fingerprint density at radius 1 is 0.372 bits per heavy atom. The second-order valence-corrected chi connectivity index (χ2v) is 21.6. The lowest BCUT2D eigenvalue weighted by Gasteiger charge is -2.21. The van der Waals surface area contributed by atoms with Crippen molar-refractivity contribution in [1.82, 2.24) is 0 Å². The lowest BCUT2D eigenvalue weighted by Crippen LogP contribution is -2.30. The second-order valence-electron chi connectivity index (χ2n) is 20.1. The SMILES string of the molecule is CC/C=C\C/C=C\C/C=C\CCCCCCCCCC(=O)OCC(COP(=O)(O)OCC(CO)OC(=O)CCCCCCC/C=C\C/C=C\C/C=C\CC)OC(=O)CCCCCCCC/C=C\C/C=C\C/C=C\CCCCC. The normalized spacial score (nSPS) is 14.1. The van der Waals surface area contributed by atoms with Gasteiger partial charge in [0.15, 0.2) is 6.10 Å². The highest BCUT2D eigenvalue weighted by atomic mass is 31.2. The molecule has 3 unspecified atom stereocenters. The highest BCUT2D eigenvalue weighted by Crippen LogP contribution is 2.43. The van der Waals surface area contributed by atoms with Crippen LogP contribution in [0.4, 0.5) is 0 Å². The number of hydrogen-bond acceptors (Lipinski definition) is 10. The quantitative estimate of drug-likeness (QED) is 0.0197. The van der Waals surface area contributed by atoms with Crippen molar-refractivity contribution in [1.29, 1.82) is 0 Å². The fourth-order valence-electron chi connectivity index (χ4n) is 8.04. The van der Waals surface area contributed by atoms with E-state index in [1.54, 1.807) is 0 Å². The molecule has 0 radical (unpaired) electrons. The molecule has 2 N–H and O–H groups in total. The third kappa shape index (κ3) is 56.8. The van der Waals surface area contributed by atoms with Crippen LogP contribution in [0.15, 0.2) is 109 Å². The van der Waals surface area contributed by atoms with Gasteiger partial charge in [-0.05, 0) is 122 Å². The van der Waals surface area contributed by atoms with Crippen LogP contribution in [0.1, 0.15) is 252 Å². The Balaban J connectivity index is 4.78. The van der Waals surface area contributed by atoms with Crippen LogP contribution < -0.4 is 0 Å². The molecule has 0 heterocycles. The molecule has 0 saturated carbocycles. The van der Waals surface area contributed by atoms with Gasteiger partial charge < -0.3 is 24.2 Å². The van der Waals surface area contributed by atoms with Crippen molar-refractivity contribution in [3.63, 3.8) is 0 Å². The van der Waals surface area contributed by atoms with Crippen molar-refractivity contribution in [2.24, 2.45) is 0 Å². The zero-order chi connectivity index (χ0) is 56.9. The minimum Gasteiger partial charge on any atom is -0.462 e. The topological polar surface area (TPSA) is 155 Å². The van der Waals surface area contributed by atoms with E-state index in [2.05, 4.69) is 130 Å². The van der Waals surface area contributed by atoms with E-state index in [9.17, 15) is 28.9 Å². The number of aliphatic hydroxyl groups excluding tert-OH is 1. The number of unbranched alkanes of at least 4 members (excludes halogenated alkanes) is 21. The summed E-state index contributed by atoms with van der Waals surface area (Å²) in [6.45, 7) is 4.36. The van der Waals surface area contributed by atoms with Gasteiger partial charge in [0, 0.05) is 19.3 Å². The van der Waals surface area contributed by atoms with Gasteiger partial charge in [-0.15, -0.1) is 0 Å². The fraction of sp³-hybridized carbons (Fsp3) is 0.682. The van der Waals surface area contributed by atoms with Crippen molar-refractivity contribution >= 4 is 25.7 Å². The highest BCUT2D eigenvalue weighted by Gasteiger charge is 2.28. The molecule has 0 amide bonds. The average Bonchev–Trinajstić information content (AvgIpc) is 3.43. The first kappa shape index (κ1) is 74.1. The van der Waals surface area contributed by atoms with E-state index < -0.39 is 57.8 Å². The number of esters is 3. The van der Waals surface area contributed by atoms with Gasteiger partial charge in [-0.2, -0.15) is 0 Å². The molecule has 0 bridgehead atoms. The van der Waals surface area contributed by atoms with E-state index in [-0.39, 0.29) is 25.9 Å². The van der Waals surface area contributed by atoms with E-state index in [1.165, 1.54) is 38.5 Å². The van der Waals surface area contributed by atoms with Crippen LogP contribution in [0.3, 0.4) is 0 Å². The molecule has 78 heavy (non-hydrogen) atoms. The number of allylic oxidation sites excluding steroid dienone is 18. The molecule has 446 valence electrons. The standard InChI is InChI=1S/C66H111O11P/c1-4-7-10-13-16-19-22-25-28-30-31-33-36-39-42-45-48-51-54-57-66(70)77-63(59-73-64(68)55-52-49-46-43-40-37-35-32-29-26-23-20-17-14-11-8-5-2)61-75-78(71,72)74-60-62(58-67)76-65(69)56-53-50-47-44-41-38-34-27-24-21-18-15-12-9-6-3/h8-9,11-12,16-21,25-29,31,33-34,62-63,67H,4-7,10,13-15,22-24,30,32,35-61H2,1-3H3,(H,71,72)/b11-8-,12-9-,19-16-,20-17-,21-18-,28-25-,29-26-,33-31-,34-27-. The minimum atomic E-state index is -4.77. The Bertz CT molecular complexity index is 1720. The molecule has 0 aliphatic rings. The van der Waals surface area contributed by atoms with E-state index in [0.717, 1.165) is 154 Å². The molecule has 0 aromatic heterocycles. The van der Waals surface area contributed by atoms with Crippen LogP contribution in [0, 0.1) is 0 Å². The first-order valence-electron chi connectivity index (χ1n) is 30.8. The number of aliphatic hydroxyl groups is 1. The predicted octanol–water partition coefficient (Wildman–Crippen LogP) is 18.6. The van der Waals surface area contributed by atoms with Crippen LogP contribution >= 0.6 is 7.82 Å². The number of carbonyl (C=O) groups excluding carboxylic acids is 3. The van der Waals surface area contributed by atoms with Crippen LogP contribution in [0.25, 0.3) is 0 Å². The van der Waals surface area contributed by atoms with Gasteiger partial charge in [-0.1, -0.05) is 220 Å². The monoisotopic (exact) mass is 1110 g/mol. The van der Waals surface area contributed by atoms with Crippen LogP contribution in [0.2, 0.25) is 0 Å². The molecule has 0 saturated heterocycles. The molecular formula is C66H111O11P. The van der Waals surface area contributed by atoms with E-state index >= 15 is 0 Å². The van der Waals surface area contributed by atoms with Gasteiger partial charge in [0.05, 0.1) is 19.8 Å². The molecule has 0 rings (SSSR count). The van der Waals surface area contributed by atoms with E-state index in [0.29, 0.717) is 19.3 Å². The van der Waals surface area contributed by atoms with Gasteiger partial charge in [-0.25, -0.2) is 4.57 Å². The molecule has 0 aliphatic heterocycles. The molecule has 3 atom stereocenters. The van der Waals surface area contributed by atoms with Crippen LogP contribution in [-0.4, -0.2) is 66.5 Å². The van der Waals surface area contributed by atoms with Gasteiger partial charge in [0.1, 0.15) is 12.7 Å². The summed E-state index contributed by atoms with van der Waals surface area (Å²) in [5.74, 6) is -1.51. The molecular weight excluding hydrogens is 1000 g/mol. The zero-order valence-corrected chi connectivity index (χ0v) is 50.2. The molecule has 0 aromatic rings. The molecule has 11 nitrogen and oxygen atoms in total. The molecule has 0 aromatic carbocycles. The number of ether oxygens (including phenoxy) is 3. The van der Waals surface area contributed by atoms with Crippen molar-refractivity contribution < 1.29 is 52.2 Å². The number of rotatable bonds is 56. The number of carbonyl (C=O) groups is 3. The predicted molar refractivity (Wildman–Crippen MR) is 325 cm³/mol. The lowest BCUT2D eigenvalue weighted by atomic mass is 10.1. The van der Waals surface area contributed by atoms with Crippen molar-refractivity contribution in [3.05, 3.63) is 109 Å². The van der Waals surface area contributed by atoms with Crippen LogP contribution in [0.5, 0.6) is 0 Å². The van der Waals surface area contributed by atoms with E-state index in [1.807, 2.05) is 0 Å². The fourth-order valence-corrected chi connectivity index (χ4v) is 8.82. The highest BCUT2D eigenvalue weighted by molar-refractivity contribution is 7.47. The Kier molecular flexibility index (Phi) is 56.3. The summed E-state index contributed by atoms with van der Waals surface area (Å²) < 4.78 is 39.6.